The molecular weight excluding hydrogens is 238 g/mol. The number of benzene rings is 1. The quantitative estimate of drug-likeness (QED) is 0.904. The Kier molecular flexibility index (Phi) is 4.59. The molecule has 1 heterocycles. The minimum atomic E-state index is -0.0155. The summed E-state index contributed by atoms with van der Waals surface area (Å²) in [5, 5.41) is 3.02. The summed E-state index contributed by atoms with van der Waals surface area (Å²) in [7, 11) is 0. The SMILES string of the molecule is CC(C)c1ccc(C(=O)NC(C)C2CCCO2)cc1. The van der Waals surface area contributed by atoms with E-state index in [-0.39, 0.29) is 18.1 Å². The molecule has 0 bridgehead atoms. The summed E-state index contributed by atoms with van der Waals surface area (Å²) in [6, 6.07) is 7.91. The molecule has 0 aromatic heterocycles. The Bertz CT molecular complexity index is 419. The zero-order chi connectivity index (χ0) is 13.8. The molecule has 1 saturated heterocycles. The van der Waals surface area contributed by atoms with Gasteiger partial charge in [0, 0.05) is 12.2 Å². The van der Waals surface area contributed by atoms with E-state index in [2.05, 4.69) is 19.2 Å². The lowest BCUT2D eigenvalue weighted by Crippen LogP contribution is -2.40. The Balaban J connectivity index is 1.95. The summed E-state index contributed by atoms with van der Waals surface area (Å²) in [6.45, 7) is 7.12. The molecule has 1 aromatic carbocycles. The smallest absolute Gasteiger partial charge is 0.251 e. The van der Waals surface area contributed by atoms with Crippen molar-refractivity contribution in [3.8, 4) is 0 Å². The molecule has 3 nitrogen and oxygen atoms in total. The summed E-state index contributed by atoms with van der Waals surface area (Å²) in [5.41, 5.74) is 1.97. The predicted molar refractivity (Wildman–Crippen MR) is 76.4 cm³/mol. The lowest BCUT2D eigenvalue weighted by atomic mass is 10.0. The van der Waals surface area contributed by atoms with Gasteiger partial charge in [-0.25, -0.2) is 0 Å². The van der Waals surface area contributed by atoms with Crippen LogP contribution in [-0.2, 0) is 4.74 Å². The van der Waals surface area contributed by atoms with Gasteiger partial charge in [-0.1, -0.05) is 26.0 Å². The fraction of sp³-hybridized carbons (Fsp3) is 0.562. The van der Waals surface area contributed by atoms with Crippen LogP contribution < -0.4 is 5.32 Å². The maximum absolute atomic E-state index is 12.1. The van der Waals surface area contributed by atoms with Crippen molar-refractivity contribution in [3.63, 3.8) is 0 Å². The molecule has 2 unspecified atom stereocenters. The molecule has 1 aromatic rings. The van der Waals surface area contributed by atoms with Crippen LogP contribution in [0.1, 0.15) is 55.5 Å². The average Bonchev–Trinajstić information content (AvgIpc) is 2.92. The van der Waals surface area contributed by atoms with Crippen molar-refractivity contribution in [1.29, 1.82) is 0 Å². The number of nitrogens with one attached hydrogen (secondary N) is 1. The molecule has 1 amide bonds. The Labute approximate surface area is 115 Å². The summed E-state index contributed by atoms with van der Waals surface area (Å²) >= 11 is 0. The van der Waals surface area contributed by atoms with E-state index < -0.39 is 0 Å². The fourth-order valence-corrected chi connectivity index (χ4v) is 2.40. The van der Waals surface area contributed by atoms with Crippen molar-refractivity contribution >= 4 is 5.91 Å². The largest absolute Gasteiger partial charge is 0.376 e. The van der Waals surface area contributed by atoms with Gasteiger partial charge in [-0.15, -0.1) is 0 Å². The van der Waals surface area contributed by atoms with Gasteiger partial charge < -0.3 is 10.1 Å². The highest BCUT2D eigenvalue weighted by atomic mass is 16.5. The number of rotatable bonds is 4. The van der Waals surface area contributed by atoms with Crippen LogP contribution in [0, 0.1) is 0 Å². The van der Waals surface area contributed by atoms with Gasteiger partial charge in [-0.3, -0.25) is 4.79 Å². The van der Waals surface area contributed by atoms with E-state index in [4.69, 9.17) is 4.74 Å². The van der Waals surface area contributed by atoms with Crippen molar-refractivity contribution in [2.45, 2.75) is 51.7 Å². The Morgan fingerprint density at radius 2 is 1.95 bits per heavy atom. The molecule has 2 atom stereocenters. The fourth-order valence-electron chi connectivity index (χ4n) is 2.40. The van der Waals surface area contributed by atoms with Crippen molar-refractivity contribution in [2.75, 3.05) is 6.61 Å². The minimum absolute atomic E-state index is 0.0155. The molecule has 1 fully saturated rings. The third-order valence-electron chi connectivity index (χ3n) is 3.72. The van der Waals surface area contributed by atoms with E-state index >= 15 is 0 Å². The second-order valence-corrected chi connectivity index (χ2v) is 5.59. The van der Waals surface area contributed by atoms with Gasteiger partial charge in [-0.05, 0) is 43.4 Å². The second-order valence-electron chi connectivity index (χ2n) is 5.59. The Hall–Kier alpha value is -1.35. The maximum Gasteiger partial charge on any atom is 0.251 e. The average molecular weight is 261 g/mol. The number of ether oxygens (including phenoxy) is 1. The van der Waals surface area contributed by atoms with Crippen molar-refractivity contribution in [3.05, 3.63) is 35.4 Å². The molecule has 0 saturated carbocycles. The first kappa shape index (κ1) is 14.1. The van der Waals surface area contributed by atoms with Crippen LogP contribution in [0.15, 0.2) is 24.3 Å². The van der Waals surface area contributed by atoms with Crippen molar-refractivity contribution in [2.24, 2.45) is 0 Å². The highest BCUT2D eigenvalue weighted by molar-refractivity contribution is 5.94. The van der Waals surface area contributed by atoms with Crippen LogP contribution in [0.25, 0.3) is 0 Å². The first-order valence-corrected chi connectivity index (χ1v) is 7.10. The highest BCUT2D eigenvalue weighted by Gasteiger charge is 2.23. The highest BCUT2D eigenvalue weighted by Crippen LogP contribution is 2.17. The molecule has 0 aliphatic carbocycles. The molecule has 104 valence electrons. The maximum atomic E-state index is 12.1. The number of carbonyl (C=O) groups is 1. The van der Waals surface area contributed by atoms with Crippen LogP contribution in [0.5, 0.6) is 0 Å². The molecule has 1 N–H and O–H groups in total. The van der Waals surface area contributed by atoms with Crippen LogP contribution in [0.4, 0.5) is 0 Å². The van der Waals surface area contributed by atoms with Crippen LogP contribution in [0.2, 0.25) is 0 Å². The first-order chi connectivity index (χ1) is 9.08. The van der Waals surface area contributed by atoms with E-state index in [0.717, 1.165) is 19.4 Å². The molecule has 0 radical (unpaired) electrons. The zero-order valence-corrected chi connectivity index (χ0v) is 12.0. The Morgan fingerprint density at radius 3 is 2.47 bits per heavy atom. The van der Waals surface area contributed by atoms with E-state index in [1.54, 1.807) is 0 Å². The molecule has 2 rings (SSSR count). The van der Waals surface area contributed by atoms with Crippen LogP contribution >= 0.6 is 0 Å². The van der Waals surface area contributed by atoms with E-state index in [1.165, 1.54) is 5.56 Å². The summed E-state index contributed by atoms with van der Waals surface area (Å²) in [4.78, 5) is 12.1. The van der Waals surface area contributed by atoms with E-state index in [9.17, 15) is 4.79 Å². The third kappa shape index (κ3) is 3.57. The van der Waals surface area contributed by atoms with Crippen LogP contribution in [0.3, 0.4) is 0 Å². The van der Waals surface area contributed by atoms with Gasteiger partial charge in [0.2, 0.25) is 0 Å². The third-order valence-corrected chi connectivity index (χ3v) is 3.72. The normalized spacial score (nSPS) is 20.5. The van der Waals surface area contributed by atoms with Gasteiger partial charge in [0.25, 0.3) is 5.91 Å². The molecular formula is C16H23NO2. The number of amides is 1. The van der Waals surface area contributed by atoms with Crippen LogP contribution in [-0.4, -0.2) is 24.7 Å². The summed E-state index contributed by atoms with van der Waals surface area (Å²) in [6.07, 6.45) is 2.29. The van der Waals surface area contributed by atoms with Crippen molar-refractivity contribution in [1.82, 2.24) is 5.32 Å². The summed E-state index contributed by atoms with van der Waals surface area (Å²) < 4.78 is 5.59. The molecule has 1 aliphatic rings. The van der Waals surface area contributed by atoms with Crippen molar-refractivity contribution < 1.29 is 9.53 Å². The van der Waals surface area contributed by atoms with Gasteiger partial charge in [0.15, 0.2) is 0 Å². The minimum Gasteiger partial charge on any atom is -0.376 e. The zero-order valence-electron chi connectivity index (χ0n) is 12.0. The number of hydrogen-bond donors (Lipinski definition) is 1. The van der Waals surface area contributed by atoms with E-state index in [0.29, 0.717) is 11.5 Å². The number of hydrogen-bond acceptors (Lipinski definition) is 2. The summed E-state index contributed by atoms with van der Waals surface area (Å²) in [5.74, 6) is 0.473. The second kappa shape index (κ2) is 6.20. The van der Waals surface area contributed by atoms with E-state index in [1.807, 2.05) is 31.2 Å². The topological polar surface area (TPSA) is 38.3 Å². The monoisotopic (exact) mass is 261 g/mol. The predicted octanol–water partition coefficient (Wildman–Crippen LogP) is 3.11. The number of carbonyl (C=O) groups excluding carboxylic acids is 1. The van der Waals surface area contributed by atoms with Gasteiger partial charge in [0.1, 0.15) is 0 Å². The van der Waals surface area contributed by atoms with Gasteiger partial charge in [0.05, 0.1) is 12.1 Å². The van der Waals surface area contributed by atoms with Gasteiger partial charge >= 0.3 is 0 Å². The van der Waals surface area contributed by atoms with Gasteiger partial charge in [-0.2, -0.15) is 0 Å². The lowest BCUT2D eigenvalue weighted by molar-refractivity contribution is 0.0712. The molecule has 0 spiro atoms. The standard InChI is InChI=1S/C16H23NO2/c1-11(2)13-6-8-14(9-7-13)16(18)17-12(3)15-5-4-10-19-15/h6-9,11-12,15H,4-5,10H2,1-3H3,(H,17,18). The molecule has 19 heavy (non-hydrogen) atoms. The first-order valence-electron chi connectivity index (χ1n) is 7.10. The lowest BCUT2D eigenvalue weighted by Gasteiger charge is -2.20. The molecule has 1 aliphatic heterocycles. The molecule has 3 heteroatoms. The Morgan fingerprint density at radius 1 is 1.26 bits per heavy atom.